The van der Waals surface area contributed by atoms with Gasteiger partial charge in [0.15, 0.2) is 5.65 Å². The quantitative estimate of drug-likeness (QED) is 0.450. The van der Waals surface area contributed by atoms with Crippen molar-refractivity contribution in [1.29, 1.82) is 0 Å². The fourth-order valence-electron chi connectivity index (χ4n) is 3.87. The SMILES string of the molecule is CC(C)c1cc(-c2cn3c(-c4ccc(O)cc4F)c(C4CC4)nc3cn2)ccc1F. The number of imidazole rings is 1. The summed E-state index contributed by atoms with van der Waals surface area (Å²) in [4.78, 5) is 9.25. The molecule has 5 rings (SSSR count). The van der Waals surface area contributed by atoms with Crippen molar-refractivity contribution >= 4 is 5.65 Å². The van der Waals surface area contributed by atoms with Crippen LogP contribution in [0.1, 0.15) is 49.8 Å². The predicted octanol–water partition coefficient (Wildman–Crippen LogP) is 6.05. The molecule has 1 fully saturated rings. The lowest BCUT2D eigenvalue weighted by atomic mass is 9.99. The molecule has 1 saturated carbocycles. The summed E-state index contributed by atoms with van der Waals surface area (Å²) in [6.07, 6.45) is 5.54. The summed E-state index contributed by atoms with van der Waals surface area (Å²) >= 11 is 0. The van der Waals surface area contributed by atoms with Crippen molar-refractivity contribution in [2.45, 2.75) is 38.5 Å². The number of aromatic nitrogens is 3. The number of fused-ring (bicyclic) bond motifs is 1. The number of nitrogens with zero attached hydrogens (tertiary/aromatic N) is 3. The van der Waals surface area contributed by atoms with Crippen LogP contribution in [0.3, 0.4) is 0 Å². The highest BCUT2D eigenvalue weighted by atomic mass is 19.1. The Morgan fingerprint density at radius 1 is 1.07 bits per heavy atom. The first-order chi connectivity index (χ1) is 14.4. The first-order valence-corrected chi connectivity index (χ1v) is 10.1. The van der Waals surface area contributed by atoms with Crippen LogP contribution in [0.4, 0.5) is 8.78 Å². The lowest BCUT2D eigenvalue weighted by Crippen LogP contribution is -1.97. The van der Waals surface area contributed by atoms with Gasteiger partial charge in [-0.05, 0) is 54.7 Å². The zero-order valence-electron chi connectivity index (χ0n) is 16.7. The van der Waals surface area contributed by atoms with Crippen LogP contribution in [-0.4, -0.2) is 19.5 Å². The van der Waals surface area contributed by atoms with Crippen LogP contribution in [-0.2, 0) is 0 Å². The van der Waals surface area contributed by atoms with Crippen LogP contribution in [0.15, 0.2) is 48.8 Å². The Morgan fingerprint density at radius 3 is 2.57 bits per heavy atom. The van der Waals surface area contributed by atoms with Crippen molar-refractivity contribution in [1.82, 2.24) is 14.4 Å². The topological polar surface area (TPSA) is 50.4 Å². The van der Waals surface area contributed by atoms with E-state index in [4.69, 9.17) is 4.98 Å². The van der Waals surface area contributed by atoms with Gasteiger partial charge in [-0.3, -0.25) is 9.38 Å². The second kappa shape index (κ2) is 6.90. The van der Waals surface area contributed by atoms with Crippen LogP contribution in [0.2, 0.25) is 0 Å². The van der Waals surface area contributed by atoms with Crippen molar-refractivity contribution < 1.29 is 13.9 Å². The second-order valence-electron chi connectivity index (χ2n) is 8.18. The maximum absolute atomic E-state index is 14.8. The van der Waals surface area contributed by atoms with E-state index in [0.717, 1.165) is 30.2 Å². The Morgan fingerprint density at radius 2 is 1.87 bits per heavy atom. The molecule has 2 heterocycles. The first-order valence-electron chi connectivity index (χ1n) is 10.1. The van der Waals surface area contributed by atoms with Crippen molar-refractivity contribution in [2.24, 2.45) is 0 Å². The van der Waals surface area contributed by atoms with Gasteiger partial charge in [0.05, 0.1) is 23.3 Å². The van der Waals surface area contributed by atoms with E-state index < -0.39 is 5.82 Å². The Bertz CT molecular complexity index is 1280. The van der Waals surface area contributed by atoms with Gasteiger partial charge in [-0.2, -0.15) is 0 Å². The van der Waals surface area contributed by atoms with E-state index in [1.807, 2.05) is 30.5 Å². The third kappa shape index (κ3) is 3.12. The minimum Gasteiger partial charge on any atom is -0.508 e. The summed E-state index contributed by atoms with van der Waals surface area (Å²) in [6, 6.07) is 9.14. The molecular weight excluding hydrogens is 384 g/mol. The molecule has 6 heteroatoms. The van der Waals surface area contributed by atoms with E-state index in [-0.39, 0.29) is 17.5 Å². The van der Waals surface area contributed by atoms with E-state index >= 15 is 0 Å². The minimum absolute atomic E-state index is 0.0463. The number of rotatable bonds is 4. The highest BCUT2D eigenvalue weighted by Crippen LogP contribution is 2.45. The molecule has 4 nitrogen and oxygen atoms in total. The van der Waals surface area contributed by atoms with Crippen LogP contribution in [0.5, 0.6) is 5.75 Å². The Balaban J connectivity index is 1.72. The Labute approximate surface area is 172 Å². The molecule has 4 aromatic rings. The largest absolute Gasteiger partial charge is 0.508 e. The maximum Gasteiger partial charge on any atom is 0.156 e. The van der Waals surface area contributed by atoms with Crippen molar-refractivity contribution in [3.05, 3.63) is 71.7 Å². The molecule has 0 saturated heterocycles. The zero-order chi connectivity index (χ0) is 21.0. The normalized spacial score (nSPS) is 14.0. The number of phenols is 1. The van der Waals surface area contributed by atoms with Gasteiger partial charge in [-0.15, -0.1) is 0 Å². The molecule has 2 aromatic heterocycles. The van der Waals surface area contributed by atoms with Gasteiger partial charge in [-0.25, -0.2) is 13.8 Å². The molecular formula is C24H21F2N3O. The molecule has 0 atom stereocenters. The van der Waals surface area contributed by atoms with Crippen LogP contribution in [0, 0.1) is 11.6 Å². The number of benzene rings is 2. The zero-order valence-corrected chi connectivity index (χ0v) is 16.7. The van der Waals surface area contributed by atoms with Crippen LogP contribution in [0.25, 0.3) is 28.2 Å². The summed E-state index contributed by atoms with van der Waals surface area (Å²) < 4.78 is 30.8. The predicted molar refractivity (Wildman–Crippen MR) is 112 cm³/mol. The lowest BCUT2D eigenvalue weighted by molar-refractivity contribution is 0.469. The van der Waals surface area contributed by atoms with E-state index in [0.29, 0.717) is 34.1 Å². The highest BCUT2D eigenvalue weighted by Gasteiger charge is 2.31. The number of hydrogen-bond donors (Lipinski definition) is 1. The minimum atomic E-state index is -0.499. The van der Waals surface area contributed by atoms with E-state index in [2.05, 4.69) is 4.98 Å². The molecule has 0 aliphatic heterocycles. The molecule has 1 N–H and O–H groups in total. The second-order valence-corrected chi connectivity index (χ2v) is 8.18. The summed E-state index contributed by atoms with van der Waals surface area (Å²) in [6.45, 7) is 3.89. The van der Waals surface area contributed by atoms with Crippen LogP contribution < -0.4 is 0 Å². The molecule has 152 valence electrons. The summed E-state index contributed by atoms with van der Waals surface area (Å²) in [5, 5.41) is 9.62. The average molecular weight is 405 g/mol. The molecule has 1 aliphatic rings. The summed E-state index contributed by atoms with van der Waals surface area (Å²) in [7, 11) is 0. The van der Waals surface area contributed by atoms with Gasteiger partial charge in [0.1, 0.15) is 17.4 Å². The van der Waals surface area contributed by atoms with Crippen molar-refractivity contribution in [2.75, 3.05) is 0 Å². The van der Waals surface area contributed by atoms with Gasteiger partial charge in [0, 0.05) is 29.3 Å². The van der Waals surface area contributed by atoms with Crippen molar-refractivity contribution in [3.8, 4) is 28.3 Å². The van der Waals surface area contributed by atoms with Gasteiger partial charge >= 0.3 is 0 Å². The van der Waals surface area contributed by atoms with E-state index in [1.54, 1.807) is 18.3 Å². The van der Waals surface area contributed by atoms with Gasteiger partial charge in [-0.1, -0.05) is 13.8 Å². The first kappa shape index (κ1) is 18.7. The Hall–Kier alpha value is -3.28. The fraction of sp³-hybridized carbons (Fsp3) is 0.250. The van der Waals surface area contributed by atoms with E-state index in [1.165, 1.54) is 12.1 Å². The van der Waals surface area contributed by atoms with E-state index in [9.17, 15) is 13.9 Å². The van der Waals surface area contributed by atoms with Crippen molar-refractivity contribution in [3.63, 3.8) is 0 Å². The maximum atomic E-state index is 14.8. The molecule has 0 spiro atoms. The Kier molecular flexibility index (Phi) is 4.31. The molecule has 0 bridgehead atoms. The third-order valence-corrected chi connectivity index (χ3v) is 5.62. The number of halogens is 2. The molecule has 0 amide bonds. The monoisotopic (exact) mass is 405 g/mol. The smallest absolute Gasteiger partial charge is 0.156 e. The standard InChI is InChI=1S/C24H21F2N3O/c1-13(2)18-9-15(5-8-19(18)25)21-12-29-22(11-27-21)28-23(14-3-4-14)24(29)17-7-6-16(30)10-20(17)26/h5-14,30H,3-4H2,1-2H3. The average Bonchev–Trinajstić information content (AvgIpc) is 3.49. The fourth-order valence-corrected chi connectivity index (χ4v) is 3.87. The van der Waals surface area contributed by atoms with Crippen LogP contribution >= 0.6 is 0 Å². The molecule has 30 heavy (non-hydrogen) atoms. The van der Waals surface area contributed by atoms with Gasteiger partial charge in [0.25, 0.3) is 0 Å². The molecule has 2 aromatic carbocycles. The molecule has 0 unspecified atom stereocenters. The number of aromatic hydroxyl groups is 1. The number of hydrogen-bond acceptors (Lipinski definition) is 3. The van der Waals surface area contributed by atoms with Gasteiger partial charge < -0.3 is 5.11 Å². The molecule has 0 radical (unpaired) electrons. The lowest BCUT2D eigenvalue weighted by Gasteiger charge is -2.11. The highest BCUT2D eigenvalue weighted by molar-refractivity contribution is 5.71. The third-order valence-electron chi connectivity index (χ3n) is 5.62. The molecule has 1 aliphatic carbocycles. The van der Waals surface area contributed by atoms with Gasteiger partial charge in [0.2, 0.25) is 0 Å². The summed E-state index contributed by atoms with van der Waals surface area (Å²) in [5.74, 6) is -0.505. The number of phenolic OH excluding ortho intramolecular Hbond substituents is 1. The summed E-state index contributed by atoms with van der Waals surface area (Å²) in [5.41, 5.74) is 4.63.